The lowest BCUT2D eigenvalue weighted by Gasteiger charge is -2.51. The fourth-order valence-electron chi connectivity index (χ4n) is 5.38. The Bertz CT molecular complexity index is 513. The van der Waals surface area contributed by atoms with Crippen LogP contribution in [0.5, 0.6) is 0 Å². The fourth-order valence-corrected chi connectivity index (χ4v) is 5.38. The number of ether oxygens (including phenoxy) is 2. The van der Waals surface area contributed by atoms with Crippen LogP contribution in [-0.2, 0) is 14.3 Å². The second-order valence-electron chi connectivity index (χ2n) is 7.71. The highest BCUT2D eigenvalue weighted by molar-refractivity contribution is 5.77. The first kappa shape index (κ1) is 16.2. The van der Waals surface area contributed by atoms with Gasteiger partial charge in [-0.05, 0) is 50.9 Å². The van der Waals surface area contributed by atoms with Crippen molar-refractivity contribution < 1.29 is 19.1 Å². The van der Waals surface area contributed by atoms with Gasteiger partial charge in [-0.15, -0.1) is 0 Å². The van der Waals surface area contributed by atoms with E-state index < -0.39 is 0 Å². The first-order valence-corrected chi connectivity index (χ1v) is 9.48. The van der Waals surface area contributed by atoms with Crippen molar-refractivity contribution in [1.29, 1.82) is 0 Å². The molecule has 3 saturated heterocycles. The molecule has 0 aromatic rings. The summed E-state index contributed by atoms with van der Waals surface area (Å²) in [6, 6.07) is 0.905. The van der Waals surface area contributed by atoms with Gasteiger partial charge < -0.3 is 14.4 Å². The van der Waals surface area contributed by atoms with Crippen molar-refractivity contribution in [2.45, 2.75) is 45.2 Å². The van der Waals surface area contributed by atoms with Crippen molar-refractivity contribution in [3.8, 4) is 0 Å². The third-order valence-corrected chi connectivity index (χ3v) is 6.55. The van der Waals surface area contributed by atoms with Crippen molar-refractivity contribution in [3.05, 3.63) is 0 Å². The number of fused-ring (bicyclic) bond motifs is 4. The zero-order chi connectivity index (χ0) is 16.8. The summed E-state index contributed by atoms with van der Waals surface area (Å²) in [7, 11) is 0. The van der Waals surface area contributed by atoms with E-state index in [4.69, 9.17) is 9.47 Å². The number of esters is 1. The van der Waals surface area contributed by atoms with Crippen LogP contribution in [0.4, 0.5) is 4.79 Å². The van der Waals surface area contributed by atoms with Crippen LogP contribution in [0.3, 0.4) is 0 Å². The minimum Gasteiger partial charge on any atom is -0.466 e. The van der Waals surface area contributed by atoms with Gasteiger partial charge in [0.1, 0.15) is 0 Å². The topological polar surface area (TPSA) is 59.1 Å². The molecule has 2 saturated carbocycles. The minimum atomic E-state index is -0.141. The van der Waals surface area contributed by atoms with Gasteiger partial charge in [0.2, 0.25) is 0 Å². The molecule has 134 valence electrons. The second-order valence-corrected chi connectivity index (χ2v) is 7.71. The van der Waals surface area contributed by atoms with Crippen LogP contribution in [0.25, 0.3) is 0 Å². The van der Waals surface area contributed by atoms with Crippen molar-refractivity contribution in [1.82, 2.24) is 9.80 Å². The lowest BCUT2D eigenvalue weighted by Crippen LogP contribution is -2.60. The maximum Gasteiger partial charge on any atom is 0.410 e. The summed E-state index contributed by atoms with van der Waals surface area (Å²) in [6.45, 7) is 7.55. The largest absolute Gasteiger partial charge is 0.466 e. The zero-order valence-corrected chi connectivity index (χ0v) is 14.6. The third-order valence-electron chi connectivity index (χ3n) is 6.55. The van der Waals surface area contributed by atoms with Crippen LogP contribution in [0.1, 0.15) is 33.1 Å². The number of piperidine rings is 3. The number of carbonyl (C=O) groups is 2. The Morgan fingerprint density at radius 3 is 2.29 bits per heavy atom. The summed E-state index contributed by atoms with van der Waals surface area (Å²) in [6.07, 6.45) is 3.23. The molecular weight excluding hydrogens is 308 g/mol. The Labute approximate surface area is 143 Å². The van der Waals surface area contributed by atoms with Crippen molar-refractivity contribution in [3.63, 3.8) is 0 Å². The first-order valence-electron chi connectivity index (χ1n) is 9.48. The lowest BCUT2D eigenvalue weighted by molar-refractivity contribution is -0.146. The third kappa shape index (κ3) is 2.59. The van der Waals surface area contributed by atoms with Gasteiger partial charge in [0.05, 0.1) is 19.1 Å². The lowest BCUT2D eigenvalue weighted by atomic mass is 9.75. The smallest absolute Gasteiger partial charge is 0.410 e. The van der Waals surface area contributed by atoms with E-state index in [0.29, 0.717) is 43.1 Å². The van der Waals surface area contributed by atoms with Gasteiger partial charge in [0.25, 0.3) is 0 Å². The highest BCUT2D eigenvalue weighted by Gasteiger charge is 2.62. The van der Waals surface area contributed by atoms with Gasteiger partial charge in [0, 0.05) is 31.7 Å². The standard InChI is InChI=1S/C18H28N2O4/c1-3-23-17(21)16-13-9-19(10-14(13)16)15-7-12-6-5-11(15)8-20(12)18(22)24-4-2/h11-16H,3-10H2,1-2H3/t11?,12?,13-,14+,15?,16?. The molecule has 0 aromatic carbocycles. The number of likely N-dealkylation sites (tertiary alicyclic amines) is 1. The summed E-state index contributed by atoms with van der Waals surface area (Å²) in [4.78, 5) is 28.5. The van der Waals surface area contributed by atoms with Gasteiger partial charge in [-0.2, -0.15) is 0 Å². The Balaban J connectivity index is 1.33. The van der Waals surface area contributed by atoms with E-state index in [-0.39, 0.29) is 18.0 Å². The Hall–Kier alpha value is -1.30. The Kier molecular flexibility index (Phi) is 4.19. The Morgan fingerprint density at radius 1 is 1.00 bits per heavy atom. The number of hydrogen-bond donors (Lipinski definition) is 0. The number of nitrogens with zero attached hydrogens (tertiary/aromatic N) is 2. The van der Waals surface area contributed by atoms with E-state index in [1.165, 1.54) is 6.42 Å². The summed E-state index contributed by atoms with van der Waals surface area (Å²) >= 11 is 0. The van der Waals surface area contributed by atoms with Crippen molar-refractivity contribution >= 4 is 12.1 Å². The number of hydrogen-bond acceptors (Lipinski definition) is 5. The first-order chi connectivity index (χ1) is 11.6. The molecular formula is C18H28N2O4. The predicted molar refractivity (Wildman–Crippen MR) is 87.3 cm³/mol. The molecule has 1 amide bonds. The highest BCUT2D eigenvalue weighted by Crippen LogP contribution is 2.54. The average Bonchev–Trinajstić information content (AvgIpc) is 3.10. The van der Waals surface area contributed by atoms with Crippen LogP contribution in [0.2, 0.25) is 0 Å². The maximum atomic E-state index is 12.1. The summed E-state index contributed by atoms with van der Waals surface area (Å²) in [5.41, 5.74) is 0. The molecule has 5 rings (SSSR count). The highest BCUT2D eigenvalue weighted by atomic mass is 16.6. The molecule has 5 fully saturated rings. The van der Waals surface area contributed by atoms with Crippen LogP contribution in [0.15, 0.2) is 0 Å². The fraction of sp³-hybridized carbons (Fsp3) is 0.889. The molecule has 2 bridgehead atoms. The van der Waals surface area contributed by atoms with Crippen LogP contribution in [-0.4, -0.2) is 66.8 Å². The molecule has 0 aromatic heterocycles. The summed E-state index contributed by atoms with van der Waals surface area (Å²) in [5.74, 6) is 1.72. The second kappa shape index (κ2) is 6.21. The van der Waals surface area contributed by atoms with E-state index in [0.717, 1.165) is 32.5 Å². The number of rotatable bonds is 4. The minimum absolute atomic E-state index is 0.00537. The molecule has 0 radical (unpaired) electrons. The van der Waals surface area contributed by atoms with Crippen LogP contribution in [0, 0.1) is 23.7 Å². The van der Waals surface area contributed by atoms with E-state index in [9.17, 15) is 9.59 Å². The SMILES string of the molecule is CCOC(=O)C1[C@H]2CN(C3CC4CCC3CN4C(=O)OCC)C[C@@H]12. The molecule has 6 heteroatoms. The zero-order valence-electron chi connectivity index (χ0n) is 14.6. The van der Waals surface area contributed by atoms with E-state index in [2.05, 4.69) is 4.90 Å². The van der Waals surface area contributed by atoms with Gasteiger partial charge >= 0.3 is 12.1 Å². The molecule has 4 unspecified atom stereocenters. The van der Waals surface area contributed by atoms with Gasteiger partial charge in [-0.1, -0.05) is 0 Å². The molecule has 5 aliphatic rings. The van der Waals surface area contributed by atoms with Gasteiger partial charge in [0.15, 0.2) is 0 Å². The number of amides is 1. The van der Waals surface area contributed by atoms with E-state index in [1.54, 1.807) is 0 Å². The normalized spacial score (nSPS) is 40.3. The predicted octanol–water partition coefficient (Wildman–Crippen LogP) is 1.74. The molecule has 2 aliphatic carbocycles. The monoisotopic (exact) mass is 336 g/mol. The molecule has 3 aliphatic heterocycles. The van der Waals surface area contributed by atoms with Crippen LogP contribution >= 0.6 is 0 Å². The molecule has 0 spiro atoms. The quantitative estimate of drug-likeness (QED) is 0.732. The molecule has 6 atom stereocenters. The molecule has 0 N–H and O–H groups in total. The van der Waals surface area contributed by atoms with E-state index >= 15 is 0 Å². The van der Waals surface area contributed by atoms with E-state index in [1.807, 2.05) is 18.7 Å². The molecule has 6 nitrogen and oxygen atoms in total. The molecule has 24 heavy (non-hydrogen) atoms. The van der Waals surface area contributed by atoms with Crippen LogP contribution < -0.4 is 0 Å². The average molecular weight is 336 g/mol. The maximum absolute atomic E-state index is 12.1. The molecule has 3 heterocycles. The van der Waals surface area contributed by atoms with Crippen molar-refractivity contribution in [2.24, 2.45) is 23.7 Å². The summed E-state index contributed by atoms with van der Waals surface area (Å²) in [5, 5.41) is 0. The van der Waals surface area contributed by atoms with Gasteiger partial charge in [-0.3, -0.25) is 9.69 Å². The van der Waals surface area contributed by atoms with Gasteiger partial charge in [-0.25, -0.2) is 4.79 Å². The number of carbonyl (C=O) groups excluding carboxylic acids is 2. The Morgan fingerprint density at radius 2 is 1.71 bits per heavy atom. The van der Waals surface area contributed by atoms with Crippen molar-refractivity contribution in [2.75, 3.05) is 32.8 Å². The summed E-state index contributed by atoms with van der Waals surface area (Å²) < 4.78 is 10.4.